The molecule has 1 amide bonds. The van der Waals surface area contributed by atoms with Crippen LogP contribution in [0, 0.1) is 5.92 Å². The molecule has 0 aliphatic heterocycles. The van der Waals surface area contributed by atoms with Crippen molar-refractivity contribution in [2.75, 3.05) is 0 Å². The summed E-state index contributed by atoms with van der Waals surface area (Å²) in [4.78, 5) is 23.7. The minimum Gasteiger partial charge on any atom is -0.478 e. The number of halogens is 1. The van der Waals surface area contributed by atoms with Crippen LogP contribution in [0.3, 0.4) is 0 Å². The predicted octanol–water partition coefficient (Wildman–Crippen LogP) is 3.85. The van der Waals surface area contributed by atoms with Crippen LogP contribution in [0.4, 0.5) is 0 Å². The number of hydrogen-bond acceptors (Lipinski definition) is 2. The first-order valence-corrected chi connectivity index (χ1v) is 8.28. The van der Waals surface area contributed by atoms with Gasteiger partial charge in [-0.3, -0.25) is 4.79 Å². The molecule has 1 unspecified atom stereocenters. The van der Waals surface area contributed by atoms with Crippen LogP contribution in [0.25, 0.3) is 0 Å². The lowest BCUT2D eigenvalue weighted by Crippen LogP contribution is -2.31. The van der Waals surface area contributed by atoms with E-state index in [1.807, 2.05) is 24.3 Å². The average Bonchev–Trinajstić information content (AvgIpc) is 3.39. The lowest BCUT2D eigenvalue weighted by Gasteiger charge is -2.19. The van der Waals surface area contributed by atoms with Crippen molar-refractivity contribution < 1.29 is 14.7 Å². The molecule has 2 N–H and O–H groups in total. The fourth-order valence-corrected chi connectivity index (χ4v) is 2.98. The van der Waals surface area contributed by atoms with Crippen LogP contribution in [-0.2, 0) is 11.2 Å². The molecule has 124 valence electrons. The molecular formula is C19H18ClNO3. The zero-order chi connectivity index (χ0) is 17.1. The minimum absolute atomic E-state index is 0.0493. The second-order valence-electron chi connectivity index (χ2n) is 6.07. The number of rotatable bonds is 6. The number of carboxylic acids is 1. The number of benzene rings is 2. The van der Waals surface area contributed by atoms with Crippen LogP contribution < -0.4 is 5.32 Å². The van der Waals surface area contributed by atoms with Crippen LogP contribution in [-0.4, -0.2) is 17.0 Å². The third kappa shape index (κ3) is 3.95. The lowest BCUT2D eigenvalue weighted by atomic mass is 10.0. The van der Waals surface area contributed by atoms with Crippen molar-refractivity contribution in [3.8, 4) is 0 Å². The van der Waals surface area contributed by atoms with Gasteiger partial charge in [-0.25, -0.2) is 4.79 Å². The van der Waals surface area contributed by atoms with E-state index in [0.29, 0.717) is 16.5 Å². The molecule has 0 spiro atoms. The van der Waals surface area contributed by atoms with Crippen molar-refractivity contribution in [3.05, 3.63) is 70.2 Å². The van der Waals surface area contributed by atoms with Gasteiger partial charge in [-0.1, -0.05) is 41.9 Å². The Hall–Kier alpha value is -2.33. The number of hydrogen-bond donors (Lipinski definition) is 2. The fraction of sp³-hybridized carbons (Fsp3) is 0.263. The van der Waals surface area contributed by atoms with E-state index in [0.717, 1.165) is 18.4 Å². The van der Waals surface area contributed by atoms with E-state index >= 15 is 0 Å². The highest BCUT2D eigenvalue weighted by Crippen LogP contribution is 2.41. The Morgan fingerprint density at radius 2 is 1.79 bits per heavy atom. The highest BCUT2D eigenvalue weighted by Gasteiger charge is 2.33. The van der Waals surface area contributed by atoms with Gasteiger partial charge < -0.3 is 10.4 Å². The van der Waals surface area contributed by atoms with Gasteiger partial charge >= 0.3 is 5.97 Å². The number of amides is 1. The molecule has 1 aliphatic carbocycles. The second-order valence-corrected chi connectivity index (χ2v) is 6.51. The Morgan fingerprint density at radius 3 is 2.42 bits per heavy atom. The second kappa shape index (κ2) is 7.05. The summed E-state index contributed by atoms with van der Waals surface area (Å²) >= 11 is 5.93. The topological polar surface area (TPSA) is 66.4 Å². The molecule has 1 saturated carbocycles. The number of nitrogens with one attached hydrogen (secondary N) is 1. The van der Waals surface area contributed by atoms with Crippen molar-refractivity contribution in [3.63, 3.8) is 0 Å². The molecule has 2 aromatic rings. The van der Waals surface area contributed by atoms with E-state index in [1.165, 1.54) is 6.07 Å². The van der Waals surface area contributed by atoms with Gasteiger partial charge in [0.2, 0.25) is 5.91 Å². The number of carboxylic acid groups (broad SMARTS) is 1. The predicted molar refractivity (Wildman–Crippen MR) is 92.2 cm³/mol. The highest BCUT2D eigenvalue weighted by molar-refractivity contribution is 6.30. The highest BCUT2D eigenvalue weighted by atomic mass is 35.5. The SMILES string of the molecule is O=C(Cc1ccccc1C(=O)O)NC(c1ccc(Cl)cc1)C1CC1. The number of carbonyl (C=O) groups excluding carboxylic acids is 1. The summed E-state index contributed by atoms with van der Waals surface area (Å²) < 4.78 is 0. The monoisotopic (exact) mass is 343 g/mol. The quantitative estimate of drug-likeness (QED) is 0.837. The molecule has 1 atom stereocenters. The Kier molecular flexibility index (Phi) is 4.86. The summed E-state index contributed by atoms with van der Waals surface area (Å²) in [5.74, 6) is -0.754. The Balaban J connectivity index is 1.73. The van der Waals surface area contributed by atoms with Crippen LogP contribution in [0.2, 0.25) is 5.02 Å². The maximum absolute atomic E-state index is 12.4. The lowest BCUT2D eigenvalue weighted by molar-refractivity contribution is -0.121. The van der Waals surface area contributed by atoms with Gasteiger partial charge in [0.05, 0.1) is 18.0 Å². The minimum atomic E-state index is -1.02. The Morgan fingerprint density at radius 1 is 1.12 bits per heavy atom. The van der Waals surface area contributed by atoms with Crippen molar-refractivity contribution >= 4 is 23.5 Å². The summed E-state index contributed by atoms with van der Waals surface area (Å²) in [6.07, 6.45) is 2.22. The Labute approximate surface area is 145 Å². The van der Waals surface area contributed by atoms with Gasteiger partial charge in [-0.15, -0.1) is 0 Å². The maximum Gasteiger partial charge on any atom is 0.335 e. The summed E-state index contributed by atoms with van der Waals surface area (Å²) in [6, 6.07) is 14.0. The molecule has 0 aromatic heterocycles. The molecule has 0 heterocycles. The first kappa shape index (κ1) is 16.5. The summed E-state index contributed by atoms with van der Waals surface area (Å²) in [5.41, 5.74) is 1.72. The fourth-order valence-electron chi connectivity index (χ4n) is 2.85. The number of carbonyl (C=O) groups is 2. The standard InChI is InChI=1S/C19H18ClNO3/c20-15-9-7-13(8-10-15)18(12-5-6-12)21-17(22)11-14-3-1-2-4-16(14)19(23)24/h1-4,7-10,12,18H,5-6,11H2,(H,21,22)(H,23,24). The van der Waals surface area contributed by atoms with Crippen molar-refractivity contribution in [1.82, 2.24) is 5.32 Å². The molecule has 5 heteroatoms. The van der Waals surface area contributed by atoms with Crippen molar-refractivity contribution in [2.45, 2.75) is 25.3 Å². The van der Waals surface area contributed by atoms with Crippen molar-refractivity contribution in [2.24, 2.45) is 5.92 Å². The summed E-state index contributed by atoms with van der Waals surface area (Å²) in [6.45, 7) is 0. The molecule has 3 rings (SSSR count). The average molecular weight is 344 g/mol. The van der Waals surface area contributed by atoms with E-state index < -0.39 is 5.97 Å². The Bertz CT molecular complexity index is 753. The molecule has 1 fully saturated rings. The van der Waals surface area contributed by atoms with E-state index in [2.05, 4.69) is 5.32 Å². The zero-order valence-corrected chi connectivity index (χ0v) is 13.8. The van der Waals surface area contributed by atoms with E-state index in [-0.39, 0.29) is 23.9 Å². The molecule has 24 heavy (non-hydrogen) atoms. The summed E-state index contributed by atoms with van der Waals surface area (Å²) in [7, 11) is 0. The van der Waals surface area contributed by atoms with Crippen molar-refractivity contribution in [1.29, 1.82) is 0 Å². The first-order chi connectivity index (χ1) is 11.5. The third-order valence-electron chi connectivity index (χ3n) is 4.24. The van der Waals surface area contributed by atoms with Gasteiger partial charge in [0.1, 0.15) is 0 Å². The molecule has 0 radical (unpaired) electrons. The molecule has 0 saturated heterocycles. The van der Waals surface area contributed by atoms with Crippen LogP contribution in [0.1, 0.15) is 40.4 Å². The first-order valence-electron chi connectivity index (χ1n) is 7.90. The van der Waals surface area contributed by atoms with Gasteiger partial charge in [-0.2, -0.15) is 0 Å². The molecule has 1 aliphatic rings. The molecular weight excluding hydrogens is 326 g/mol. The summed E-state index contributed by atoms with van der Waals surface area (Å²) in [5, 5.41) is 12.9. The third-order valence-corrected chi connectivity index (χ3v) is 4.49. The van der Waals surface area contributed by atoms with Crippen LogP contribution in [0.15, 0.2) is 48.5 Å². The molecule has 0 bridgehead atoms. The van der Waals surface area contributed by atoms with Gasteiger partial charge in [0.15, 0.2) is 0 Å². The zero-order valence-electron chi connectivity index (χ0n) is 13.0. The molecule has 2 aromatic carbocycles. The maximum atomic E-state index is 12.4. The van der Waals surface area contributed by atoms with E-state index in [9.17, 15) is 14.7 Å². The normalized spacial score (nSPS) is 14.9. The van der Waals surface area contributed by atoms with Gasteiger partial charge in [0.25, 0.3) is 0 Å². The van der Waals surface area contributed by atoms with E-state index in [4.69, 9.17) is 11.6 Å². The molecule has 4 nitrogen and oxygen atoms in total. The van der Waals surface area contributed by atoms with Gasteiger partial charge in [0, 0.05) is 5.02 Å². The number of aromatic carboxylic acids is 1. The van der Waals surface area contributed by atoms with Gasteiger partial charge in [-0.05, 0) is 48.1 Å². The largest absolute Gasteiger partial charge is 0.478 e. The van der Waals surface area contributed by atoms with E-state index in [1.54, 1.807) is 18.2 Å². The smallest absolute Gasteiger partial charge is 0.335 e. The van der Waals surface area contributed by atoms with Crippen LogP contribution in [0.5, 0.6) is 0 Å². The van der Waals surface area contributed by atoms with Crippen LogP contribution >= 0.6 is 11.6 Å².